The van der Waals surface area contributed by atoms with E-state index in [0.717, 1.165) is 15.6 Å². The summed E-state index contributed by atoms with van der Waals surface area (Å²) in [4.78, 5) is 11.9. The third-order valence-electron chi connectivity index (χ3n) is 3.33. The minimum Gasteiger partial charge on any atom is -0.338 e. The van der Waals surface area contributed by atoms with Crippen LogP contribution >= 0.6 is 15.9 Å². The molecule has 0 spiro atoms. The number of carbonyl (C=O) groups is 1. The highest BCUT2D eigenvalue weighted by atomic mass is 79.9. The maximum absolute atomic E-state index is 12.8. The summed E-state index contributed by atoms with van der Waals surface area (Å²) in [5.41, 5.74) is 2.01. The van der Waals surface area contributed by atoms with Crippen molar-refractivity contribution in [1.82, 2.24) is 10.6 Å². The van der Waals surface area contributed by atoms with E-state index in [-0.39, 0.29) is 17.9 Å². The van der Waals surface area contributed by atoms with E-state index in [0.29, 0.717) is 13.0 Å². The van der Waals surface area contributed by atoms with Gasteiger partial charge in [0.2, 0.25) is 0 Å². The second-order valence-corrected chi connectivity index (χ2v) is 5.87. The summed E-state index contributed by atoms with van der Waals surface area (Å²) in [6.07, 6.45) is 0.664. The molecule has 0 saturated heterocycles. The highest BCUT2D eigenvalue weighted by Gasteiger charge is 2.11. The molecule has 2 amide bonds. The van der Waals surface area contributed by atoms with Crippen LogP contribution < -0.4 is 10.6 Å². The molecule has 0 saturated carbocycles. The summed E-state index contributed by atoms with van der Waals surface area (Å²) in [5.74, 6) is -0.253. The Morgan fingerprint density at radius 2 is 1.86 bits per heavy atom. The zero-order chi connectivity index (χ0) is 15.9. The first-order valence-corrected chi connectivity index (χ1v) is 7.89. The summed E-state index contributed by atoms with van der Waals surface area (Å²) in [7, 11) is 0. The number of urea groups is 1. The number of carbonyl (C=O) groups excluding carboxylic acids is 1. The van der Waals surface area contributed by atoms with Crippen molar-refractivity contribution >= 4 is 22.0 Å². The van der Waals surface area contributed by atoms with Crippen molar-refractivity contribution in [2.45, 2.75) is 19.4 Å². The van der Waals surface area contributed by atoms with Crippen LogP contribution in [0.1, 0.15) is 24.1 Å². The van der Waals surface area contributed by atoms with Crippen molar-refractivity contribution in [3.05, 3.63) is 69.9 Å². The molecule has 116 valence electrons. The first-order valence-electron chi connectivity index (χ1n) is 7.09. The van der Waals surface area contributed by atoms with Crippen molar-refractivity contribution in [2.24, 2.45) is 0 Å². The van der Waals surface area contributed by atoms with Crippen LogP contribution in [-0.2, 0) is 6.42 Å². The summed E-state index contributed by atoms with van der Waals surface area (Å²) in [6.45, 7) is 2.43. The topological polar surface area (TPSA) is 41.1 Å². The van der Waals surface area contributed by atoms with Gasteiger partial charge < -0.3 is 10.6 Å². The number of halogens is 2. The van der Waals surface area contributed by atoms with Gasteiger partial charge in [0.1, 0.15) is 5.82 Å². The molecule has 0 radical (unpaired) electrons. The standard InChI is InChI=1S/C17H18BrFN2O/c1-12(15-4-2-3-5-16(15)18)21-17(22)20-11-10-13-6-8-14(19)9-7-13/h2-9,12H,10-11H2,1H3,(H2,20,21,22). The van der Waals surface area contributed by atoms with Crippen molar-refractivity contribution in [2.75, 3.05) is 6.54 Å². The molecule has 1 unspecified atom stereocenters. The van der Waals surface area contributed by atoms with Gasteiger partial charge in [0.25, 0.3) is 0 Å². The number of nitrogens with one attached hydrogen (secondary N) is 2. The molecule has 0 aliphatic heterocycles. The summed E-state index contributed by atoms with van der Waals surface area (Å²) >= 11 is 3.47. The van der Waals surface area contributed by atoms with E-state index in [1.54, 1.807) is 12.1 Å². The summed E-state index contributed by atoms with van der Waals surface area (Å²) < 4.78 is 13.8. The fourth-order valence-corrected chi connectivity index (χ4v) is 2.75. The molecular formula is C17H18BrFN2O. The fourth-order valence-electron chi connectivity index (χ4n) is 2.12. The SMILES string of the molecule is CC(NC(=O)NCCc1ccc(F)cc1)c1ccccc1Br. The second kappa shape index (κ2) is 7.94. The second-order valence-electron chi connectivity index (χ2n) is 5.02. The number of hydrogen-bond donors (Lipinski definition) is 2. The van der Waals surface area contributed by atoms with Crippen LogP contribution in [0, 0.1) is 5.82 Å². The van der Waals surface area contributed by atoms with Crippen LogP contribution in [0.15, 0.2) is 53.0 Å². The highest BCUT2D eigenvalue weighted by Crippen LogP contribution is 2.22. The monoisotopic (exact) mass is 364 g/mol. The molecule has 0 aliphatic carbocycles. The van der Waals surface area contributed by atoms with Crippen LogP contribution in [0.25, 0.3) is 0 Å². The van der Waals surface area contributed by atoms with Gasteiger partial charge in [0.05, 0.1) is 6.04 Å². The summed E-state index contributed by atoms with van der Waals surface area (Å²) in [6, 6.07) is 13.7. The number of rotatable bonds is 5. The number of benzene rings is 2. The van der Waals surface area contributed by atoms with Crippen molar-refractivity contribution in [3.63, 3.8) is 0 Å². The van der Waals surface area contributed by atoms with E-state index in [4.69, 9.17) is 0 Å². The maximum atomic E-state index is 12.8. The molecule has 2 aromatic rings. The molecule has 5 heteroatoms. The van der Waals surface area contributed by atoms with Gasteiger partial charge in [0.15, 0.2) is 0 Å². The minimum absolute atomic E-state index is 0.0959. The van der Waals surface area contributed by atoms with Crippen LogP contribution in [0.4, 0.5) is 9.18 Å². The first-order chi connectivity index (χ1) is 10.6. The molecule has 0 aliphatic rings. The molecular weight excluding hydrogens is 347 g/mol. The van der Waals surface area contributed by atoms with Gasteiger partial charge in [-0.15, -0.1) is 0 Å². The van der Waals surface area contributed by atoms with Crippen LogP contribution in [-0.4, -0.2) is 12.6 Å². The molecule has 2 rings (SSSR count). The van der Waals surface area contributed by atoms with Gasteiger partial charge in [-0.1, -0.05) is 46.3 Å². The molecule has 1 atom stereocenters. The minimum atomic E-state index is -0.253. The van der Waals surface area contributed by atoms with Gasteiger partial charge in [-0.25, -0.2) is 9.18 Å². The Labute approximate surface area is 138 Å². The average molecular weight is 365 g/mol. The Kier molecular flexibility index (Phi) is 5.95. The molecule has 2 N–H and O–H groups in total. The van der Waals surface area contributed by atoms with Gasteiger partial charge in [-0.3, -0.25) is 0 Å². The van der Waals surface area contributed by atoms with Gasteiger partial charge in [-0.05, 0) is 42.7 Å². The van der Waals surface area contributed by atoms with Crippen molar-refractivity contribution in [3.8, 4) is 0 Å². The predicted molar refractivity (Wildman–Crippen MR) is 89.2 cm³/mol. The molecule has 2 aromatic carbocycles. The van der Waals surface area contributed by atoms with Crippen LogP contribution in [0.3, 0.4) is 0 Å². The Morgan fingerprint density at radius 1 is 1.18 bits per heavy atom. The molecule has 0 bridgehead atoms. The first kappa shape index (κ1) is 16.5. The van der Waals surface area contributed by atoms with E-state index in [1.807, 2.05) is 31.2 Å². The zero-order valence-electron chi connectivity index (χ0n) is 12.3. The lowest BCUT2D eigenvalue weighted by Gasteiger charge is -2.16. The van der Waals surface area contributed by atoms with Crippen LogP contribution in [0.2, 0.25) is 0 Å². The molecule has 3 nitrogen and oxygen atoms in total. The van der Waals surface area contributed by atoms with Gasteiger partial charge in [0, 0.05) is 11.0 Å². The van der Waals surface area contributed by atoms with E-state index < -0.39 is 0 Å². The Hall–Kier alpha value is -1.88. The van der Waals surface area contributed by atoms with Gasteiger partial charge >= 0.3 is 6.03 Å². The largest absolute Gasteiger partial charge is 0.338 e. The average Bonchev–Trinajstić information content (AvgIpc) is 2.49. The quantitative estimate of drug-likeness (QED) is 0.820. The lowest BCUT2D eigenvalue weighted by molar-refractivity contribution is 0.238. The molecule has 0 aromatic heterocycles. The lowest BCUT2D eigenvalue weighted by atomic mass is 10.1. The normalized spacial score (nSPS) is 11.8. The van der Waals surface area contributed by atoms with Gasteiger partial charge in [-0.2, -0.15) is 0 Å². The lowest BCUT2D eigenvalue weighted by Crippen LogP contribution is -2.38. The highest BCUT2D eigenvalue weighted by molar-refractivity contribution is 9.10. The van der Waals surface area contributed by atoms with E-state index in [9.17, 15) is 9.18 Å². The third kappa shape index (κ3) is 4.84. The predicted octanol–water partition coefficient (Wildman–Crippen LogP) is 4.19. The molecule has 0 fully saturated rings. The Balaban J connectivity index is 1.78. The smallest absolute Gasteiger partial charge is 0.315 e. The molecule has 0 heterocycles. The van der Waals surface area contributed by atoms with Crippen molar-refractivity contribution in [1.29, 1.82) is 0 Å². The Morgan fingerprint density at radius 3 is 2.55 bits per heavy atom. The van der Waals surface area contributed by atoms with E-state index in [2.05, 4.69) is 26.6 Å². The van der Waals surface area contributed by atoms with E-state index >= 15 is 0 Å². The molecule has 22 heavy (non-hydrogen) atoms. The van der Waals surface area contributed by atoms with Crippen LogP contribution in [0.5, 0.6) is 0 Å². The number of hydrogen-bond acceptors (Lipinski definition) is 1. The number of amides is 2. The summed E-state index contributed by atoms with van der Waals surface area (Å²) in [5, 5.41) is 5.70. The van der Waals surface area contributed by atoms with Crippen molar-refractivity contribution < 1.29 is 9.18 Å². The zero-order valence-corrected chi connectivity index (χ0v) is 13.9. The Bertz CT molecular complexity index is 631. The maximum Gasteiger partial charge on any atom is 0.315 e. The van der Waals surface area contributed by atoms with E-state index in [1.165, 1.54) is 12.1 Å². The fraction of sp³-hybridized carbons (Fsp3) is 0.235. The third-order valence-corrected chi connectivity index (χ3v) is 4.05.